The summed E-state index contributed by atoms with van der Waals surface area (Å²) in [7, 11) is 0. The lowest BCUT2D eigenvalue weighted by atomic mass is 9.70. The van der Waals surface area contributed by atoms with E-state index in [2.05, 4.69) is 173 Å². The molecule has 8 rings (SSSR count). The maximum Gasteiger partial charge on any atom is 0.0105 e. The van der Waals surface area contributed by atoms with Gasteiger partial charge in [0.05, 0.1) is 0 Å². The van der Waals surface area contributed by atoms with Crippen molar-refractivity contribution in [3.8, 4) is 0 Å². The van der Waals surface area contributed by atoms with E-state index in [-0.39, 0.29) is 16.2 Å². The SMILES string of the molecule is CC12C=C(c3ccccc3)CC1(C)C=C(c1ccccc1)C2.CC12C=C(c3ccccc3)CC1(C)CC(c1ccccc1)=C2. The summed E-state index contributed by atoms with van der Waals surface area (Å²) in [5.74, 6) is 0. The van der Waals surface area contributed by atoms with Crippen molar-refractivity contribution in [2.45, 2.75) is 53.4 Å². The molecule has 0 aliphatic heterocycles. The molecule has 0 saturated heterocycles. The van der Waals surface area contributed by atoms with Crippen LogP contribution in [0.2, 0.25) is 0 Å². The molecular formula is C44H44. The van der Waals surface area contributed by atoms with E-state index < -0.39 is 0 Å². The Labute approximate surface area is 264 Å². The first-order chi connectivity index (χ1) is 21.2. The highest BCUT2D eigenvalue weighted by molar-refractivity contribution is 5.79. The lowest BCUT2D eigenvalue weighted by molar-refractivity contribution is 0.221. The highest BCUT2D eigenvalue weighted by atomic mass is 14.6. The molecule has 4 aliphatic rings. The third kappa shape index (κ3) is 4.95. The molecule has 0 N–H and O–H groups in total. The Morgan fingerprint density at radius 1 is 0.341 bits per heavy atom. The first-order valence-corrected chi connectivity index (χ1v) is 16.3. The Hall–Kier alpha value is -4.16. The van der Waals surface area contributed by atoms with Gasteiger partial charge in [-0.2, -0.15) is 0 Å². The van der Waals surface area contributed by atoms with E-state index in [1.54, 1.807) is 0 Å². The fraction of sp³-hybridized carbons (Fsp3) is 0.273. The van der Waals surface area contributed by atoms with Crippen LogP contribution in [0, 0.1) is 21.7 Å². The van der Waals surface area contributed by atoms with Crippen LogP contribution in [0.4, 0.5) is 0 Å². The molecule has 0 amide bonds. The number of hydrogen-bond donors (Lipinski definition) is 0. The predicted octanol–water partition coefficient (Wildman–Crippen LogP) is 11.9. The molecule has 0 fully saturated rings. The second-order valence-corrected chi connectivity index (χ2v) is 14.5. The fourth-order valence-electron chi connectivity index (χ4n) is 8.35. The Bertz CT molecular complexity index is 1640. The lowest BCUT2D eigenvalue weighted by Crippen LogP contribution is -2.26. The van der Waals surface area contributed by atoms with E-state index in [1.165, 1.54) is 57.4 Å². The first-order valence-electron chi connectivity index (χ1n) is 16.3. The maximum absolute atomic E-state index is 2.54. The Morgan fingerprint density at radius 2 is 0.614 bits per heavy atom. The zero-order chi connectivity index (χ0) is 30.4. The molecule has 4 aromatic rings. The van der Waals surface area contributed by atoms with Gasteiger partial charge in [-0.1, -0.05) is 173 Å². The second-order valence-electron chi connectivity index (χ2n) is 14.5. The van der Waals surface area contributed by atoms with Crippen molar-refractivity contribution < 1.29 is 0 Å². The first kappa shape index (κ1) is 28.6. The molecule has 0 aromatic heterocycles. The van der Waals surface area contributed by atoms with Gasteiger partial charge in [-0.05, 0) is 86.5 Å². The van der Waals surface area contributed by atoms with Gasteiger partial charge in [0.15, 0.2) is 0 Å². The van der Waals surface area contributed by atoms with E-state index >= 15 is 0 Å². The molecule has 4 aromatic carbocycles. The molecule has 0 heteroatoms. The summed E-state index contributed by atoms with van der Waals surface area (Å²) < 4.78 is 0. The van der Waals surface area contributed by atoms with E-state index in [9.17, 15) is 0 Å². The van der Waals surface area contributed by atoms with Crippen molar-refractivity contribution in [1.29, 1.82) is 0 Å². The molecule has 0 bridgehead atoms. The number of rotatable bonds is 4. The minimum atomic E-state index is 0.170. The van der Waals surface area contributed by atoms with Gasteiger partial charge in [0.1, 0.15) is 0 Å². The van der Waals surface area contributed by atoms with Gasteiger partial charge in [-0.3, -0.25) is 0 Å². The number of hydrogen-bond acceptors (Lipinski definition) is 0. The molecule has 0 spiro atoms. The van der Waals surface area contributed by atoms with E-state index in [4.69, 9.17) is 0 Å². The van der Waals surface area contributed by atoms with E-state index in [0.29, 0.717) is 5.41 Å². The van der Waals surface area contributed by atoms with Crippen LogP contribution in [0.5, 0.6) is 0 Å². The van der Waals surface area contributed by atoms with Gasteiger partial charge in [-0.15, -0.1) is 0 Å². The summed E-state index contributed by atoms with van der Waals surface area (Å²) in [6.45, 7) is 9.70. The molecule has 44 heavy (non-hydrogen) atoms. The van der Waals surface area contributed by atoms with Crippen molar-refractivity contribution in [3.05, 3.63) is 168 Å². The summed E-state index contributed by atoms with van der Waals surface area (Å²) in [4.78, 5) is 0. The van der Waals surface area contributed by atoms with Gasteiger partial charge in [0.25, 0.3) is 0 Å². The van der Waals surface area contributed by atoms with Crippen LogP contribution in [0.1, 0.15) is 75.6 Å². The quantitative estimate of drug-likeness (QED) is 0.228. The monoisotopic (exact) mass is 572 g/mol. The van der Waals surface area contributed by atoms with Gasteiger partial charge in [0.2, 0.25) is 0 Å². The minimum Gasteiger partial charge on any atom is -0.0735 e. The molecule has 0 nitrogen and oxygen atoms in total. The third-order valence-corrected chi connectivity index (χ3v) is 11.4. The topological polar surface area (TPSA) is 0 Å². The molecular weight excluding hydrogens is 528 g/mol. The van der Waals surface area contributed by atoms with Crippen LogP contribution in [0.15, 0.2) is 146 Å². The van der Waals surface area contributed by atoms with E-state index in [1.807, 2.05) is 0 Å². The molecule has 0 radical (unpaired) electrons. The largest absolute Gasteiger partial charge is 0.0735 e. The van der Waals surface area contributed by atoms with Crippen LogP contribution in [-0.4, -0.2) is 0 Å². The summed E-state index contributed by atoms with van der Waals surface area (Å²) in [6.07, 6.45) is 14.7. The predicted molar refractivity (Wildman–Crippen MR) is 189 cm³/mol. The Morgan fingerprint density at radius 3 is 0.886 bits per heavy atom. The maximum atomic E-state index is 2.54. The molecule has 0 saturated carbocycles. The van der Waals surface area contributed by atoms with Gasteiger partial charge >= 0.3 is 0 Å². The Balaban J connectivity index is 0.000000142. The zero-order valence-corrected chi connectivity index (χ0v) is 26.7. The van der Waals surface area contributed by atoms with Gasteiger partial charge < -0.3 is 0 Å². The van der Waals surface area contributed by atoms with Crippen molar-refractivity contribution in [2.24, 2.45) is 21.7 Å². The summed E-state index contributed by atoms with van der Waals surface area (Å²) in [6, 6.07) is 43.4. The average Bonchev–Trinajstić information content (AvgIpc) is 3.65. The molecule has 0 heterocycles. The number of fused-ring (bicyclic) bond motifs is 2. The van der Waals surface area contributed by atoms with Crippen molar-refractivity contribution in [3.63, 3.8) is 0 Å². The molecule has 2 atom stereocenters. The average molecular weight is 573 g/mol. The zero-order valence-electron chi connectivity index (χ0n) is 26.7. The molecule has 2 unspecified atom stereocenters. The summed E-state index contributed by atoms with van der Waals surface area (Å²) in [5, 5.41) is 0. The minimum absolute atomic E-state index is 0.170. The molecule has 4 aliphatic carbocycles. The smallest absolute Gasteiger partial charge is 0.0105 e. The van der Waals surface area contributed by atoms with Crippen LogP contribution in [0.25, 0.3) is 22.3 Å². The van der Waals surface area contributed by atoms with Crippen molar-refractivity contribution in [1.82, 2.24) is 0 Å². The summed E-state index contributed by atoms with van der Waals surface area (Å²) >= 11 is 0. The van der Waals surface area contributed by atoms with Gasteiger partial charge in [0, 0.05) is 5.41 Å². The van der Waals surface area contributed by atoms with Crippen LogP contribution >= 0.6 is 0 Å². The van der Waals surface area contributed by atoms with Crippen molar-refractivity contribution in [2.75, 3.05) is 0 Å². The second kappa shape index (κ2) is 10.8. The highest BCUT2D eigenvalue weighted by Crippen LogP contribution is 2.64. The van der Waals surface area contributed by atoms with Gasteiger partial charge in [-0.25, -0.2) is 0 Å². The van der Waals surface area contributed by atoms with Crippen LogP contribution in [-0.2, 0) is 0 Å². The fourth-order valence-corrected chi connectivity index (χ4v) is 8.35. The third-order valence-electron chi connectivity index (χ3n) is 11.4. The highest BCUT2D eigenvalue weighted by Gasteiger charge is 2.52. The lowest BCUT2D eigenvalue weighted by Gasteiger charge is -2.33. The molecule has 220 valence electrons. The van der Waals surface area contributed by atoms with Crippen LogP contribution < -0.4 is 0 Å². The number of benzene rings is 4. The summed E-state index contributed by atoms with van der Waals surface area (Å²) in [5.41, 5.74) is 12.5. The Kier molecular flexibility index (Phi) is 7.00. The number of allylic oxidation sites excluding steroid dienone is 8. The normalized spacial score (nSPS) is 29.9. The standard InChI is InChI=1S/2C22H22/c2*1-21-13-19(17-9-5-3-6-10-17)15-22(21,2)16-20(14-21)18-11-7-4-8-12-18/h3-13,16H,14-15H2,1-2H3;3-14H,15-16H2,1-2H3. The van der Waals surface area contributed by atoms with Crippen LogP contribution in [0.3, 0.4) is 0 Å². The van der Waals surface area contributed by atoms with Crippen molar-refractivity contribution >= 4 is 22.3 Å². The van der Waals surface area contributed by atoms with E-state index in [0.717, 1.165) is 12.8 Å².